The van der Waals surface area contributed by atoms with Gasteiger partial charge in [0.1, 0.15) is 5.75 Å². The highest BCUT2D eigenvalue weighted by Crippen LogP contribution is 2.27. The number of hydrogen-bond acceptors (Lipinski definition) is 7. The highest BCUT2D eigenvalue weighted by atomic mass is 32.2. The molecule has 2 heterocycles. The molecule has 1 fully saturated rings. The molecule has 6 nitrogen and oxygen atoms in total. The molecule has 0 aliphatic carbocycles. The van der Waals surface area contributed by atoms with Crippen LogP contribution in [0, 0.1) is 0 Å². The molecular formula is C18H23NO5S3. The molecule has 0 radical (unpaired) electrons. The zero-order valence-electron chi connectivity index (χ0n) is 15.0. The zero-order chi connectivity index (χ0) is 19.5. The van der Waals surface area contributed by atoms with E-state index in [4.69, 9.17) is 4.74 Å². The maximum absolute atomic E-state index is 13.1. The summed E-state index contributed by atoms with van der Waals surface area (Å²) in [4.78, 5) is 1.30. The molecule has 2 aromatic rings. The Morgan fingerprint density at radius 2 is 1.93 bits per heavy atom. The van der Waals surface area contributed by atoms with Gasteiger partial charge in [-0.15, -0.1) is 11.3 Å². The van der Waals surface area contributed by atoms with Gasteiger partial charge in [0.15, 0.2) is 19.7 Å². The lowest BCUT2D eigenvalue weighted by Crippen LogP contribution is -2.44. The van der Waals surface area contributed by atoms with Crippen LogP contribution >= 0.6 is 11.3 Å². The molecule has 1 aliphatic rings. The molecule has 1 aliphatic heterocycles. The monoisotopic (exact) mass is 429 g/mol. The molecule has 0 unspecified atom stereocenters. The van der Waals surface area contributed by atoms with E-state index in [1.165, 1.54) is 17.0 Å². The lowest BCUT2D eigenvalue weighted by atomic mass is 10.2. The first-order valence-electron chi connectivity index (χ1n) is 8.75. The Morgan fingerprint density at radius 1 is 1.19 bits per heavy atom. The topological polar surface area (TPSA) is 89.5 Å². The van der Waals surface area contributed by atoms with E-state index in [0.717, 1.165) is 6.42 Å². The Balaban J connectivity index is 1.75. The number of hydrogen-bond donors (Lipinski definition) is 1. The maximum atomic E-state index is 13.1. The van der Waals surface area contributed by atoms with Crippen LogP contribution in [-0.2, 0) is 26.1 Å². The molecule has 0 spiro atoms. The molecule has 0 saturated carbocycles. The number of rotatable bonds is 8. The van der Waals surface area contributed by atoms with Gasteiger partial charge in [-0.05, 0) is 49.1 Å². The highest BCUT2D eigenvalue weighted by Gasteiger charge is 2.45. The van der Waals surface area contributed by atoms with E-state index >= 15 is 0 Å². The molecule has 1 aromatic carbocycles. The Bertz CT molecular complexity index is 951. The second kappa shape index (κ2) is 8.30. The van der Waals surface area contributed by atoms with Crippen molar-refractivity contribution in [3.8, 4) is 5.75 Å². The van der Waals surface area contributed by atoms with Gasteiger partial charge in [0, 0.05) is 17.5 Å². The lowest BCUT2D eigenvalue weighted by Gasteiger charge is -2.20. The fraction of sp³-hybridized carbons (Fsp3) is 0.444. The minimum atomic E-state index is -3.77. The molecule has 1 aromatic heterocycles. The van der Waals surface area contributed by atoms with Crippen LogP contribution in [0.5, 0.6) is 5.75 Å². The maximum Gasteiger partial charge on any atom is 0.183 e. The minimum Gasteiger partial charge on any atom is -0.494 e. The summed E-state index contributed by atoms with van der Waals surface area (Å²) < 4.78 is 55.7. The van der Waals surface area contributed by atoms with Gasteiger partial charge in [-0.25, -0.2) is 16.8 Å². The number of thiophene rings is 1. The summed E-state index contributed by atoms with van der Waals surface area (Å²) in [6.45, 7) is 2.87. The van der Waals surface area contributed by atoms with Crippen molar-refractivity contribution in [3.63, 3.8) is 0 Å². The second-order valence-electron chi connectivity index (χ2n) is 6.45. The van der Waals surface area contributed by atoms with E-state index in [0.29, 0.717) is 18.9 Å². The third-order valence-corrected chi connectivity index (χ3v) is 9.62. The third-order valence-electron chi connectivity index (χ3n) is 4.52. The molecule has 1 saturated heterocycles. The van der Waals surface area contributed by atoms with Crippen LogP contribution in [0.2, 0.25) is 0 Å². The van der Waals surface area contributed by atoms with E-state index in [-0.39, 0.29) is 16.4 Å². The van der Waals surface area contributed by atoms with Crippen LogP contribution in [0.4, 0.5) is 0 Å². The number of benzene rings is 1. The van der Waals surface area contributed by atoms with E-state index in [1.54, 1.807) is 23.5 Å². The Hall–Kier alpha value is -1.42. The first-order valence-corrected chi connectivity index (χ1v) is 13.0. The Kier molecular flexibility index (Phi) is 6.25. The van der Waals surface area contributed by atoms with E-state index in [9.17, 15) is 16.8 Å². The molecule has 3 rings (SSSR count). The van der Waals surface area contributed by atoms with Crippen molar-refractivity contribution < 1.29 is 21.6 Å². The molecular weight excluding hydrogens is 406 g/mol. The highest BCUT2D eigenvalue weighted by molar-refractivity contribution is 7.96. The smallest absolute Gasteiger partial charge is 0.183 e. The fourth-order valence-corrected chi connectivity index (χ4v) is 8.64. The number of nitrogens with one attached hydrogen (secondary N) is 1. The van der Waals surface area contributed by atoms with Crippen molar-refractivity contribution in [3.05, 3.63) is 46.7 Å². The van der Waals surface area contributed by atoms with Crippen molar-refractivity contribution in [2.45, 2.75) is 29.5 Å². The summed E-state index contributed by atoms with van der Waals surface area (Å²) in [5, 5.41) is 4.15. The van der Waals surface area contributed by atoms with Crippen LogP contribution in [0.1, 0.15) is 11.8 Å². The van der Waals surface area contributed by atoms with Gasteiger partial charge in [-0.1, -0.05) is 6.07 Å². The summed E-state index contributed by atoms with van der Waals surface area (Å²) in [6, 6.07) is 9.51. The normalized spacial score (nSPS) is 22.0. The fourth-order valence-electron chi connectivity index (χ4n) is 3.21. The van der Waals surface area contributed by atoms with Crippen LogP contribution in [0.15, 0.2) is 46.7 Å². The van der Waals surface area contributed by atoms with Gasteiger partial charge in [-0.3, -0.25) is 0 Å². The Morgan fingerprint density at radius 3 is 2.56 bits per heavy atom. The summed E-state index contributed by atoms with van der Waals surface area (Å²) >= 11 is 1.63. The van der Waals surface area contributed by atoms with Gasteiger partial charge >= 0.3 is 0 Å². The van der Waals surface area contributed by atoms with E-state index in [1.807, 2.05) is 24.4 Å². The molecule has 27 heavy (non-hydrogen) atoms. The largest absolute Gasteiger partial charge is 0.494 e. The van der Waals surface area contributed by atoms with Crippen molar-refractivity contribution in [1.29, 1.82) is 0 Å². The lowest BCUT2D eigenvalue weighted by molar-refractivity contribution is 0.340. The second-order valence-corrected chi connectivity index (χ2v) is 11.8. The zero-order valence-corrected chi connectivity index (χ0v) is 17.4. The predicted molar refractivity (Wildman–Crippen MR) is 107 cm³/mol. The Labute approximate surface area is 164 Å². The van der Waals surface area contributed by atoms with Gasteiger partial charge in [0.25, 0.3) is 0 Å². The van der Waals surface area contributed by atoms with Crippen molar-refractivity contribution >= 4 is 31.0 Å². The van der Waals surface area contributed by atoms with Crippen molar-refractivity contribution in [2.24, 2.45) is 0 Å². The minimum absolute atomic E-state index is 0.123. The van der Waals surface area contributed by atoms with Crippen LogP contribution in [0.3, 0.4) is 0 Å². The van der Waals surface area contributed by atoms with Crippen molar-refractivity contribution in [1.82, 2.24) is 5.32 Å². The molecule has 148 valence electrons. The average molecular weight is 430 g/mol. The van der Waals surface area contributed by atoms with Gasteiger partial charge < -0.3 is 10.1 Å². The molecule has 1 N–H and O–H groups in total. The molecule has 2 atom stereocenters. The summed E-state index contributed by atoms with van der Waals surface area (Å²) in [7, 11) is -7.17. The summed E-state index contributed by atoms with van der Waals surface area (Å²) in [5.41, 5.74) is 0. The quantitative estimate of drug-likeness (QED) is 0.690. The molecule has 9 heteroatoms. The van der Waals surface area contributed by atoms with Crippen molar-refractivity contribution in [2.75, 3.05) is 24.7 Å². The molecule has 0 bridgehead atoms. The van der Waals surface area contributed by atoms with Gasteiger partial charge in [0.05, 0.1) is 28.3 Å². The first kappa shape index (κ1) is 20.3. The van der Waals surface area contributed by atoms with Crippen LogP contribution in [-0.4, -0.2) is 52.8 Å². The number of ether oxygens (including phenoxy) is 1. The van der Waals surface area contributed by atoms with Gasteiger partial charge in [0.2, 0.25) is 0 Å². The number of sulfone groups is 2. The molecule has 0 amide bonds. The first-order chi connectivity index (χ1) is 12.8. The van der Waals surface area contributed by atoms with Crippen LogP contribution in [0.25, 0.3) is 0 Å². The van der Waals surface area contributed by atoms with Gasteiger partial charge in [-0.2, -0.15) is 0 Å². The average Bonchev–Trinajstić information content (AvgIpc) is 3.23. The standard InChI is InChI=1S/C18H23NO5S3/c1-2-24-14-5-7-16(8-6-14)27(22,23)18-13-26(20,21)12-17(18)19-10-9-15-4-3-11-25-15/h3-8,11,17-19H,2,9-10,12-13H2,1H3/t17-,18-/m0/s1. The van der Waals surface area contributed by atoms with E-state index in [2.05, 4.69) is 5.32 Å². The summed E-state index contributed by atoms with van der Waals surface area (Å²) in [6.07, 6.45) is 0.740. The van der Waals surface area contributed by atoms with E-state index < -0.39 is 31.0 Å². The summed E-state index contributed by atoms with van der Waals surface area (Å²) in [5.74, 6) is 0.0820. The predicted octanol–water partition coefficient (Wildman–Crippen LogP) is 1.92. The SMILES string of the molecule is CCOc1ccc(S(=O)(=O)[C@H]2CS(=O)(=O)C[C@@H]2NCCc2cccs2)cc1. The third kappa shape index (κ3) is 4.90. The van der Waals surface area contributed by atoms with Crippen LogP contribution < -0.4 is 10.1 Å².